The third-order valence-electron chi connectivity index (χ3n) is 1.53. The number of fused-ring (bicyclic) bond motifs is 1. The summed E-state index contributed by atoms with van der Waals surface area (Å²) in [5, 5.41) is 0.0937. The fourth-order valence-corrected chi connectivity index (χ4v) is 1.39. The first-order valence-corrected chi connectivity index (χ1v) is 4.43. The molecule has 0 aliphatic rings. The fraction of sp³-hybridized carbons (Fsp3) is 0. The molecule has 1 atom stereocenters. The van der Waals surface area contributed by atoms with Gasteiger partial charge in [-0.1, -0.05) is 12.1 Å². The van der Waals surface area contributed by atoms with Gasteiger partial charge in [-0.05, 0) is 12.1 Å². The van der Waals surface area contributed by atoms with E-state index in [4.69, 9.17) is 4.55 Å². The molecule has 0 bridgehead atoms. The molecule has 4 nitrogen and oxygen atoms in total. The molecule has 1 aromatic heterocycles. The number of nitrogens with one attached hydrogen (secondary N) is 1. The van der Waals surface area contributed by atoms with Gasteiger partial charge >= 0.3 is 59.1 Å². The first kappa shape index (κ1) is 14.8. The van der Waals surface area contributed by atoms with Crippen molar-refractivity contribution in [3.63, 3.8) is 0 Å². The molecule has 66 valence electrons. The molecule has 0 aliphatic carbocycles. The Morgan fingerprint density at radius 1 is 1.36 bits per heavy atom. The van der Waals surface area contributed by atoms with Gasteiger partial charge in [0.15, 0.2) is 0 Å². The standard InChI is InChI=1S/C7H6N2O2S.2Na.2H/c10-12(11)7-8-5-3-1-2-4-6(5)9-7;;;;/h1-4H,(H,8,9)(H,10,11);;;;/q;2*+1;2*-1. The van der Waals surface area contributed by atoms with Crippen molar-refractivity contribution in [2.75, 3.05) is 0 Å². The number of rotatable bonds is 1. The number of imidazole rings is 1. The Hall–Kier alpha value is 0.800. The average Bonchev–Trinajstić information content (AvgIpc) is 2.46. The number of aromatic amines is 1. The van der Waals surface area contributed by atoms with Crippen molar-refractivity contribution >= 4 is 22.1 Å². The molecule has 1 unspecified atom stereocenters. The summed E-state index contributed by atoms with van der Waals surface area (Å²) in [5.74, 6) is 0. The van der Waals surface area contributed by atoms with Crippen molar-refractivity contribution in [3.05, 3.63) is 24.3 Å². The molecule has 2 aromatic rings. The molecule has 1 heterocycles. The molecule has 0 saturated carbocycles. The third kappa shape index (κ3) is 3.15. The van der Waals surface area contributed by atoms with Crippen LogP contribution in [-0.2, 0) is 11.1 Å². The van der Waals surface area contributed by atoms with Gasteiger partial charge in [0.25, 0.3) is 0 Å². The Morgan fingerprint density at radius 2 is 2.00 bits per heavy atom. The second-order valence-corrected chi connectivity index (χ2v) is 3.19. The van der Waals surface area contributed by atoms with Gasteiger partial charge < -0.3 is 7.84 Å². The van der Waals surface area contributed by atoms with Crippen molar-refractivity contribution in [2.45, 2.75) is 5.16 Å². The summed E-state index contributed by atoms with van der Waals surface area (Å²) in [6.45, 7) is 0. The van der Waals surface area contributed by atoms with Gasteiger partial charge in [0.2, 0.25) is 16.2 Å². The van der Waals surface area contributed by atoms with E-state index in [1.807, 2.05) is 12.1 Å². The summed E-state index contributed by atoms with van der Waals surface area (Å²) in [6.07, 6.45) is 0. The van der Waals surface area contributed by atoms with Gasteiger partial charge in [0.1, 0.15) is 0 Å². The van der Waals surface area contributed by atoms with Crippen LogP contribution in [-0.4, -0.2) is 18.7 Å². The van der Waals surface area contributed by atoms with Gasteiger partial charge in [-0.25, -0.2) is 9.19 Å². The molecular weight excluding hydrogens is 222 g/mol. The van der Waals surface area contributed by atoms with E-state index in [9.17, 15) is 4.21 Å². The van der Waals surface area contributed by atoms with E-state index in [1.165, 1.54) is 0 Å². The number of nitrogens with zero attached hydrogens (tertiary/aromatic N) is 1. The van der Waals surface area contributed by atoms with Gasteiger partial charge in [0, 0.05) is 0 Å². The molecule has 2 N–H and O–H groups in total. The van der Waals surface area contributed by atoms with Crippen molar-refractivity contribution < 1.29 is 70.7 Å². The van der Waals surface area contributed by atoms with Crippen molar-refractivity contribution in [1.82, 2.24) is 9.97 Å². The maximum Gasteiger partial charge on any atom is 1.00 e. The molecule has 0 aliphatic heterocycles. The third-order valence-corrected chi connectivity index (χ3v) is 2.06. The minimum Gasteiger partial charge on any atom is -1.00 e. The number of hydrogen-bond acceptors (Lipinski definition) is 2. The number of benzene rings is 1. The first-order chi connectivity index (χ1) is 5.77. The van der Waals surface area contributed by atoms with Crippen LogP contribution >= 0.6 is 0 Å². The van der Waals surface area contributed by atoms with E-state index >= 15 is 0 Å². The van der Waals surface area contributed by atoms with E-state index in [2.05, 4.69) is 9.97 Å². The molecular formula is C7H8N2Na2O2S. The van der Waals surface area contributed by atoms with Crippen molar-refractivity contribution in [3.8, 4) is 0 Å². The fourth-order valence-electron chi connectivity index (χ4n) is 1.01. The SMILES string of the molecule is O=S(O)c1nc2ccccc2[nH]1.[H-].[H-].[Na+].[Na+]. The van der Waals surface area contributed by atoms with Crippen LogP contribution in [0.4, 0.5) is 0 Å². The number of aromatic nitrogens is 2. The zero-order valence-corrected chi connectivity index (χ0v) is 12.8. The van der Waals surface area contributed by atoms with E-state index in [0.29, 0.717) is 5.52 Å². The predicted octanol–water partition coefficient (Wildman–Crippen LogP) is -4.62. The maximum atomic E-state index is 10.6. The Labute approximate surface area is 131 Å². The number of H-pyrrole nitrogens is 1. The van der Waals surface area contributed by atoms with Crippen LogP contribution in [0.2, 0.25) is 0 Å². The minimum atomic E-state index is -2.03. The molecule has 0 spiro atoms. The molecule has 0 fully saturated rings. The summed E-state index contributed by atoms with van der Waals surface area (Å²) < 4.78 is 19.3. The quantitative estimate of drug-likeness (QED) is 0.382. The molecule has 0 amide bonds. The number of hydrogen-bond donors (Lipinski definition) is 2. The Balaban J connectivity index is -0.000000422. The predicted molar refractivity (Wildman–Crippen MR) is 47.4 cm³/mol. The zero-order chi connectivity index (χ0) is 8.55. The first-order valence-electron chi connectivity index (χ1n) is 3.33. The topological polar surface area (TPSA) is 66.0 Å². The van der Waals surface area contributed by atoms with Crippen LogP contribution in [0.25, 0.3) is 11.0 Å². The maximum absolute atomic E-state index is 10.6. The Bertz CT molecular complexity index is 422. The summed E-state index contributed by atoms with van der Waals surface area (Å²) >= 11 is -2.03. The largest absolute Gasteiger partial charge is 1.00 e. The monoisotopic (exact) mass is 230 g/mol. The molecule has 0 saturated heterocycles. The van der Waals surface area contributed by atoms with Crippen LogP contribution < -0.4 is 59.1 Å². The second-order valence-electron chi connectivity index (χ2n) is 2.31. The zero-order valence-electron chi connectivity index (χ0n) is 10.0. The van der Waals surface area contributed by atoms with Crippen LogP contribution in [0.5, 0.6) is 0 Å². The van der Waals surface area contributed by atoms with Crippen LogP contribution in [0, 0.1) is 0 Å². The van der Waals surface area contributed by atoms with Gasteiger partial charge in [-0.3, -0.25) is 4.55 Å². The normalized spacial score (nSPS) is 11.5. The van der Waals surface area contributed by atoms with E-state index in [-0.39, 0.29) is 67.1 Å². The molecule has 1 aromatic carbocycles. The Morgan fingerprint density at radius 3 is 2.57 bits per heavy atom. The van der Waals surface area contributed by atoms with Crippen molar-refractivity contribution in [2.24, 2.45) is 0 Å². The molecule has 7 heteroatoms. The van der Waals surface area contributed by atoms with Gasteiger partial charge in [0.05, 0.1) is 11.0 Å². The molecule has 0 radical (unpaired) electrons. The molecule has 14 heavy (non-hydrogen) atoms. The van der Waals surface area contributed by atoms with Crippen LogP contribution in [0.1, 0.15) is 2.85 Å². The Kier molecular flexibility index (Phi) is 6.76. The summed E-state index contributed by atoms with van der Waals surface area (Å²) in [4.78, 5) is 6.64. The minimum absolute atomic E-state index is 0. The smallest absolute Gasteiger partial charge is 1.00 e. The van der Waals surface area contributed by atoms with Crippen LogP contribution in [0.3, 0.4) is 0 Å². The van der Waals surface area contributed by atoms with Gasteiger partial charge in [-0.2, -0.15) is 0 Å². The summed E-state index contributed by atoms with van der Waals surface area (Å²) in [5.41, 5.74) is 1.48. The van der Waals surface area contributed by atoms with E-state index < -0.39 is 11.1 Å². The second kappa shape index (κ2) is 6.40. The average molecular weight is 230 g/mol. The van der Waals surface area contributed by atoms with E-state index in [1.54, 1.807) is 12.1 Å². The number of para-hydroxylation sites is 2. The van der Waals surface area contributed by atoms with Crippen molar-refractivity contribution in [1.29, 1.82) is 0 Å². The summed E-state index contributed by atoms with van der Waals surface area (Å²) in [6, 6.07) is 7.25. The summed E-state index contributed by atoms with van der Waals surface area (Å²) in [7, 11) is 0. The van der Waals surface area contributed by atoms with Crippen LogP contribution in [0.15, 0.2) is 29.4 Å². The van der Waals surface area contributed by atoms with Gasteiger partial charge in [-0.15, -0.1) is 0 Å². The molecule has 2 rings (SSSR count). The van der Waals surface area contributed by atoms with E-state index in [0.717, 1.165) is 5.52 Å².